The maximum Gasteiger partial charge on any atom is 0.364 e. The summed E-state index contributed by atoms with van der Waals surface area (Å²) in [6, 6.07) is 11.2. The Kier molecular flexibility index (Phi) is 4.37. The molecule has 0 bridgehead atoms. The van der Waals surface area contributed by atoms with E-state index in [9.17, 15) is 4.79 Å². The lowest BCUT2D eigenvalue weighted by molar-refractivity contribution is 0.302. The van der Waals surface area contributed by atoms with Crippen molar-refractivity contribution in [1.82, 2.24) is 14.6 Å². The van der Waals surface area contributed by atoms with Gasteiger partial charge < -0.3 is 4.74 Å². The lowest BCUT2D eigenvalue weighted by Crippen LogP contribution is -2.40. The molecule has 1 aromatic heterocycles. The monoisotopic (exact) mass is 395 g/mol. The highest BCUT2D eigenvalue weighted by molar-refractivity contribution is 9.10. The molecule has 5 nitrogen and oxygen atoms in total. The average molecular weight is 397 g/mol. The van der Waals surface area contributed by atoms with E-state index >= 15 is 0 Å². The average Bonchev–Trinajstić information content (AvgIpc) is 2.52. The third kappa shape index (κ3) is 3.09. The van der Waals surface area contributed by atoms with Crippen molar-refractivity contribution < 1.29 is 4.74 Å². The summed E-state index contributed by atoms with van der Waals surface area (Å²) in [7, 11) is 1.66. The van der Waals surface area contributed by atoms with Crippen LogP contribution in [-0.2, 0) is 13.7 Å². The summed E-state index contributed by atoms with van der Waals surface area (Å²) in [5.74, 6) is 0.777. The zero-order valence-electron chi connectivity index (χ0n) is 12.6. The van der Waals surface area contributed by atoms with Gasteiger partial charge in [-0.15, -0.1) is 0 Å². The fourth-order valence-corrected chi connectivity index (χ4v) is 3.02. The number of aromatic nitrogens is 3. The Morgan fingerprint density at radius 1 is 1.30 bits per heavy atom. The molecule has 0 spiro atoms. The lowest BCUT2D eigenvalue weighted by atomic mass is 10.2. The number of hydrogen-bond donors (Lipinski definition) is 1. The van der Waals surface area contributed by atoms with Gasteiger partial charge in [0.1, 0.15) is 12.4 Å². The van der Waals surface area contributed by atoms with E-state index in [4.69, 9.17) is 16.3 Å². The second kappa shape index (κ2) is 6.29. The number of nitrogens with one attached hydrogen (secondary N) is 1. The highest BCUT2D eigenvalue weighted by Crippen LogP contribution is 2.27. The first-order valence-corrected chi connectivity index (χ1v) is 8.15. The minimum atomic E-state index is -0.145. The first-order valence-electron chi connectivity index (χ1n) is 6.98. The van der Waals surface area contributed by atoms with Crippen LogP contribution in [0.5, 0.6) is 5.75 Å². The van der Waals surface area contributed by atoms with E-state index in [2.05, 4.69) is 21.1 Å². The van der Waals surface area contributed by atoms with Crippen molar-refractivity contribution in [3.8, 4) is 11.4 Å². The van der Waals surface area contributed by atoms with Crippen LogP contribution < -0.4 is 10.4 Å². The van der Waals surface area contributed by atoms with Crippen LogP contribution in [0.2, 0.25) is 5.02 Å². The Hall–Kier alpha value is -1.92. The molecule has 3 aromatic rings. The first kappa shape index (κ1) is 16.0. The molecule has 0 aliphatic heterocycles. The Morgan fingerprint density at radius 3 is 2.74 bits per heavy atom. The normalized spacial score (nSPS) is 11.0. The molecule has 2 aromatic carbocycles. The zero-order chi connectivity index (χ0) is 16.6. The van der Waals surface area contributed by atoms with Crippen LogP contribution in [0.15, 0.2) is 45.7 Å². The SMILES string of the molecule is Cc1cc(Br)ccc1OCc1c(Cl)cccc1-n1[nH]n(C)c1=O. The van der Waals surface area contributed by atoms with Crippen molar-refractivity contribution in [2.75, 3.05) is 0 Å². The molecule has 0 fully saturated rings. The van der Waals surface area contributed by atoms with Gasteiger partial charge in [0.25, 0.3) is 0 Å². The van der Waals surface area contributed by atoms with E-state index in [1.54, 1.807) is 19.2 Å². The summed E-state index contributed by atoms with van der Waals surface area (Å²) in [5.41, 5.74) is 2.32. The zero-order valence-corrected chi connectivity index (χ0v) is 15.0. The largest absolute Gasteiger partial charge is 0.488 e. The number of benzene rings is 2. The van der Waals surface area contributed by atoms with Gasteiger partial charge in [-0.1, -0.05) is 33.6 Å². The number of halogens is 2. The van der Waals surface area contributed by atoms with Crippen molar-refractivity contribution in [3.63, 3.8) is 0 Å². The third-order valence-corrected chi connectivity index (χ3v) is 4.42. The Labute approximate surface area is 146 Å². The molecule has 3 rings (SSSR count). The van der Waals surface area contributed by atoms with Crippen LogP contribution >= 0.6 is 27.5 Å². The van der Waals surface area contributed by atoms with Crippen molar-refractivity contribution in [1.29, 1.82) is 0 Å². The first-order chi connectivity index (χ1) is 11.0. The van der Waals surface area contributed by atoms with Gasteiger partial charge in [0.2, 0.25) is 0 Å². The van der Waals surface area contributed by atoms with Gasteiger partial charge in [0.15, 0.2) is 0 Å². The van der Waals surface area contributed by atoms with Gasteiger partial charge in [-0.05, 0) is 42.8 Å². The fourth-order valence-electron chi connectivity index (χ4n) is 2.32. The second-order valence-corrected chi connectivity index (χ2v) is 6.54. The van der Waals surface area contributed by atoms with Gasteiger partial charge in [0.05, 0.1) is 5.69 Å². The summed E-state index contributed by atoms with van der Waals surface area (Å²) < 4.78 is 9.73. The lowest BCUT2D eigenvalue weighted by Gasteiger charge is -2.18. The molecular formula is C16H15BrClN3O2. The number of hydrogen-bond acceptors (Lipinski definition) is 2. The molecular weight excluding hydrogens is 382 g/mol. The van der Waals surface area contributed by atoms with Crippen LogP contribution in [0.25, 0.3) is 5.69 Å². The van der Waals surface area contributed by atoms with E-state index in [1.807, 2.05) is 31.2 Å². The van der Waals surface area contributed by atoms with Gasteiger partial charge in [0, 0.05) is 22.1 Å². The highest BCUT2D eigenvalue weighted by Gasteiger charge is 2.15. The molecule has 1 N–H and O–H groups in total. The Morgan fingerprint density at radius 2 is 2.09 bits per heavy atom. The van der Waals surface area contributed by atoms with Gasteiger partial charge in [-0.2, -0.15) is 4.68 Å². The van der Waals surface area contributed by atoms with Crippen LogP contribution in [-0.4, -0.2) is 14.6 Å². The smallest absolute Gasteiger partial charge is 0.364 e. The maximum atomic E-state index is 11.9. The molecule has 0 aliphatic carbocycles. The summed E-state index contributed by atoms with van der Waals surface area (Å²) in [6.45, 7) is 2.25. The van der Waals surface area contributed by atoms with Gasteiger partial charge >= 0.3 is 5.69 Å². The quantitative estimate of drug-likeness (QED) is 0.729. The number of nitrogens with zero attached hydrogens (tertiary/aromatic N) is 2. The van der Waals surface area contributed by atoms with Gasteiger partial charge in [-0.3, -0.25) is 0 Å². The molecule has 0 aliphatic rings. The fraction of sp³-hybridized carbons (Fsp3) is 0.188. The summed E-state index contributed by atoms with van der Waals surface area (Å²) in [5, 5.41) is 3.45. The van der Waals surface area contributed by atoms with Crippen molar-refractivity contribution >= 4 is 27.5 Å². The van der Waals surface area contributed by atoms with E-state index in [1.165, 1.54) is 9.36 Å². The molecule has 0 amide bonds. The molecule has 0 saturated heterocycles. The van der Waals surface area contributed by atoms with Crippen molar-refractivity contribution in [3.05, 3.63) is 67.5 Å². The molecule has 0 saturated carbocycles. The Bertz CT molecular complexity index is 910. The van der Waals surface area contributed by atoms with Crippen molar-refractivity contribution in [2.45, 2.75) is 13.5 Å². The minimum absolute atomic E-state index is 0.145. The Balaban J connectivity index is 1.91. The molecule has 0 unspecified atom stereocenters. The van der Waals surface area contributed by atoms with E-state index < -0.39 is 0 Å². The highest BCUT2D eigenvalue weighted by atomic mass is 79.9. The molecule has 1 heterocycles. The molecule has 120 valence electrons. The third-order valence-electron chi connectivity index (χ3n) is 3.57. The van der Waals surface area contributed by atoms with E-state index in [0.717, 1.165) is 21.3 Å². The predicted octanol–water partition coefficient (Wildman–Crippen LogP) is 3.81. The molecule has 23 heavy (non-hydrogen) atoms. The van der Waals surface area contributed by atoms with E-state index in [-0.39, 0.29) is 12.3 Å². The number of rotatable bonds is 4. The predicted molar refractivity (Wildman–Crippen MR) is 93.6 cm³/mol. The summed E-state index contributed by atoms with van der Waals surface area (Å²) >= 11 is 9.73. The van der Waals surface area contributed by atoms with Crippen LogP contribution in [0.1, 0.15) is 11.1 Å². The van der Waals surface area contributed by atoms with Crippen LogP contribution in [0.3, 0.4) is 0 Å². The number of aromatic amines is 1. The van der Waals surface area contributed by atoms with E-state index in [0.29, 0.717) is 10.7 Å². The molecule has 0 atom stereocenters. The molecule has 0 radical (unpaired) electrons. The van der Waals surface area contributed by atoms with Crippen LogP contribution in [0, 0.1) is 6.92 Å². The topological polar surface area (TPSA) is 51.9 Å². The maximum absolute atomic E-state index is 11.9. The number of H-pyrrole nitrogens is 1. The standard InChI is InChI=1S/C16H15BrClN3O2/c1-10-8-11(17)6-7-15(10)23-9-12-13(18)4-3-5-14(12)21-16(22)20(2)19-21/h3-8,19H,9H2,1-2H3. The summed E-state index contributed by atoms with van der Waals surface area (Å²) in [4.78, 5) is 11.9. The van der Waals surface area contributed by atoms with Crippen molar-refractivity contribution in [2.24, 2.45) is 7.05 Å². The van der Waals surface area contributed by atoms with Gasteiger partial charge in [-0.25, -0.2) is 14.7 Å². The van der Waals surface area contributed by atoms with Crippen LogP contribution in [0.4, 0.5) is 0 Å². The summed E-state index contributed by atoms with van der Waals surface area (Å²) in [6.07, 6.45) is 0. The molecule has 7 heteroatoms. The minimum Gasteiger partial charge on any atom is -0.488 e. The number of ether oxygens (including phenoxy) is 1. The second-order valence-electron chi connectivity index (χ2n) is 5.21. The number of aryl methyl sites for hydroxylation is 2.